The predicted molar refractivity (Wildman–Crippen MR) is 137 cm³/mol. The molecule has 1 aliphatic heterocycles. The second-order valence-electron chi connectivity index (χ2n) is 7.99. The van der Waals surface area contributed by atoms with Crippen LogP contribution in [-0.2, 0) is 16.0 Å². The molecule has 0 aliphatic carbocycles. The maximum absolute atomic E-state index is 14.2. The highest BCUT2D eigenvalue weighted by Crippen LogP contribution is 2.31. The Balaban J connectivity index is 1.42. The molecular weight excluding hydrogens is 501 g/mol. The summed E-state index contributed by atoms with van der Waals surface area (Å²) in [6.45, 7) is 0.369. The number of carbonyl (C=O) groups excluding carboxylic acids is 3. The molecule has 3 aromatic carbocycles. The van der Waals surface area contributed by atoms with Gasteiger partial charge in [0.25, 0.3) is 17.7 Å². The number of hydrogen-bond acceptors (Lipinski definition) is 6. The highest BCUT2D eigenvalue weighted by Gasteiger charge is 2.40. The molecule has 0 spiro atoms. The standard InChI is InChI=1S/C27H23ClFN3O5/c1-36-21-11-10-16(14-22(21)37-2)12-13-30-25(33)17-6-5-7-18(15-17)31-24-23(28)26(34)32(27(24)35)20-9-4-3-8-19(20)29/h3-11,14-15,31H,12-13H2,1-2H3,(H,30,33). The van der Waals surface area contributed by atoms with Gasteiger partial charge in [-0.25, -0.2) is 9.29 Å². The number of ether oxygens (including phenoxy) is 2. The van der Waals surface area contributed by atoms with Crippen LogP contribution in [0.25, 0.3) is 0 Å². The van der Waals surface area contributed by atoms with Gasteiger partial charge in [-0.15, -0.1) is 0 Å². The smallest absolute Gasteiger partial charge is 0.283 e. The zero-order valence-electron chi connectivity index (χ0n) is 20.0. The van der Waals surface area contributed by atoms with E-state index in [1.165, 1.54) is 24.3 Å². The molecule has 0 unspecified atom stereocenters. The Labute approximate surface area is 217 Å². The topological polar surface area (TPSA) is 97.0 Å². The molecule has 0 saturated heterocycles. The van der Waals surface area contributed by atoms with Crippen molar-refractivity contribution in [3.8, 4) is 11.5 Å². The Morgan fingerprint density at radius 1 is 0.946 bits per heavy atom. The van der Waals surface area contributed by atoms with Crippen LogP contribution in [0, 0.1) is 5.82 Å². The lowest BCUT2D eigenvalue weighted by Crippen LogP contribution is -2.33. The van der Waals surface area contributed by atoms with Gasteiger partial charge in [-0.3, -0.25) is 14.4 Å². The van der Waals surface area contributed by atoms with Crippen LogP contribution in [-0.4, -0.2) is 38.5 Å². The van der Waals surface area contributed by atoms with Crippen LogP contribution >= 0.6 is 11.6 Å². The lowest BCUT2D eigenvalue weighted by molar-refractivity contribution is -0.120. The lowest BCUT2D eigenvalue weighted by atomic mass is 10.1. The summed E-state index contributed by atoms with van der Waals surface area (Å²) in [6.07, 6.45) is 0.565. The summed E-state index contributed by atoms with van der Waals surface area (Å²) >= 11 is 6.13. The van der Waals surface area contributed by atoms with Gasteiger partial charge in [-0.05, 0) is 54.4 Å². The number of nitrogens with one attached hydrogen (secondary N) is 2. The number of rotatable bonds is 9. The van der Waals surface area contributed by atoms with Crippen LogP contribution < -0.4 is 25.0 Å². The van der Waals surface area contributed by atoms with E-state index in [1.54, 1.807) is 38.5 Å². The van der Waals surface area contributed by atoms with Crippen LogP contribution in [0.4, 0.5) is 15.8 Å². The fourth-order valence-electron chi connectivity index (χ4n) is 3.80. The van der Waals surface area contributed by atoms with Gasteiger partial charge < -0.3 is 20.1 Å². The monoisotopic (exact) mass is 523 g/mol. The summed E-state index contributed by atoms with van der Waals surface area (Å²) in [5.41, 5.74) is 1.24. The zero-order chi connectivity index (χ0) is 26.5. The number of methoxy groups -OCH3 is 2. The molecule has 0 bridgehead atoms. The van der Waals surface area contributed by atoms with E-state index >= 15 is 0 Å². The highest BCUT2D eigenvalue weighted by atomic mass is 35.5. The van der Waals surface area contributed by atoms with Gasteiger partial charge in [-0.1, -0.05) is 35.9 Å². The van der Waals surface area contributed by atoms with Crippen LogP contribution in [0.15, 0.2) is 77.5 Å². The van der Waals surface area contributed by atoms with E-state index in [1.807, 2.05) is 12.1 Å². The summed E-state index contributed by atoms with van der Waals surface area (Å²) in [5.74, 6) is -1.48. The normalized spacial score (nSPS) is 13.1. The number of imide groups is 1. The molecule has 190 valence electrons. The van der Waals surface area contributed by atoms with E-state index in [-0.39, 0.29) is 22.3 Å². The van der Waals surface area contributed by atoms with Crippen molar-refractivity contribution in [1.29, 1.82) is 0 Å². The first kappa shape index (κ1) is 25.7. The number of amides is 3. The van der Waals surface area contributed by atoms with Crippen LogP contribution in [0.3, 0.4) is 0 Å². The molecule has 2 N–H and O–H groups in total. The number of carbonyl (C=O) groups is 3. The van der Waals surface area contributed by atoms with E-state index < -0.39 is 17.6 Å². The van der Waals surface area contributed by atoms with E-state index in [0.717, 1.165) is 11.6 Å². The first-order chi connectivity index (χ1) is 17.8. The van der Waals surface area contributed by atoms with Crippen molar-refractivity contribution in [2.75, 3.05) is 31.0 Å². The molecule has 0 radical (unpaired) electrons. The van der Waals surface area contributed by atoms with Gasteiger partial charge >= 0.3 is 0 Å². The highest BCUT2D eigenvalue weighted by molar-refractivity contribution is 6.53. The van der Waals surface area contributed by atoms with Crippen molar-refractivity contribution in [2.24, 2.45) is 0 Å². The molecule has 3 amide bonds. The summed E-state index contributed by atoms with van der Waals surface area (Å²) < 4.78 is 24.7. The van der Waals surface area contributed by atoms with Crippen molar-refractivity contribution in [1.82, 2.24) is 5.32 Å². The molecule has 0 fully saturated rings. The zero-order valence-corrected chi connectivity index (χ0v) is 20.8. The Bertz CT molecular complexity index is 1410. The molecule has 0 aromatic heterocycles. The maximum Gasteiger partial charge on any atom is 0.283 e. The van der Waals surface area contributed by atoms with E-state index in [2.05, 4.69) is 10.6 Å². The summed E-state index contributed by atoms with van der Waals surface area (Å²) in [7, 11) is 3.12. The number of benzene rings is 3. The number of para-hydroxylation sites is 1. The molecule has 10 heteroatoms. The van der Waals surface area contributed by atoms with Crippen molar-refractivity contribution >= 4 is 40.7 Å². The first-order valence-corrected chi connectivity index (χ1v) is 11.6. The molecule has 1 aliphatic rings. The molecule has 0 saturated carbocycles. The van der Waals surface area contributed by atoms with Crippen molar-refractivity contribution in [3.63, 3.8) is 0 Å². The number of anilines is 2. The van der Waals surface area contributed by atoms with E-state index in [9.17, 15) is 18.8 Å². The second-order valence-corrected chi connectivity index (χ2v) is 8.37. The predicted octanol–water partition coefficient (Wildman–Crippen LogP) is 4.25. The average molecular weight is 524 g/mol. The van der Waals surface area contributed by atoms with Crippen molar-refractivity contribution in [2.45, 2.75) is 6.42 Å². The molecule has 3 aromatic rings. The third-order valence-electron chi connectivity index (χ3n) is 5.66. The Hall–Kier alpha value is -4.37. The Morgan fingerprint density at radius 3 is 2.43 bits per heavy atom. The molecular formula is C27H23ClFN3O5. The fraction of sp³-hybridized carbons (Fsp3) is 0.148. The van der Waals surface area contributed by atoms with Crippen LogP contribution in [0.1, 0.15) is 15.9 Å². The maximum atomic E-state index is 14.2. The largest absolute Gasteiger partial charge is 0.493 e. The first-order valence-electron chi connectivity index (χ1n) is 11.2. The Morgan fingerprint density at radius 2 is 1.70 bits per heavy atom. The van der Waals surface area contributed by atoms with Gasteiger partial charge in [0.05, 0.1) is 19.9 Å². The lowest BCUT2D eigenvalue weighted by Gasteiger charge is -2.15. The third-order valence-corrected chi connectivity index (χ3v) is 6.01. The number of nitrogens with zero attached hydrogens (tertiary/aromatic N) is 1. The molecule has 8 nitrogen and oxygen atoms in total. The minimum atomic E-state index is -0.844. The van der Waals surface area contributed by atoms with Crippen molar-refractivity contribution < 1.29 is 28.2 Å². The minimum Gasteiger partial charge on any atom is -0.493 e. The van der Waals surface area contributed by atoms with E-state index in [4.69, 9.17) is 21.1 Å². The van der Waals surface area contributed by atoms with Crippen LogP contribution in [0.5, 0.6) is 11.5 Å². The number of halogens is 2. The molecule has 37 heavy (non-hydrogen) atoms. The SMILES string of the molecule is COc1ccc(CCNC(=O)c2cccc(NC3=C(Cl)C(=O)N(c4ccccc4F)C3=O)c2)cc1OC. The minimum absolute atomic E-state index is 0.199. The summed E-state index contributed by atoms with van der Waals surface area (Å²) in [4.78, 5) is 38.9. The molecule has 1 heterocycles. The van der Waals surface area contributed by atoms with Gasteiger partial charge in [-0.2, -0.15) is 0 Å². The Kier molecular flexibility index (Phi) is 7.74. The van der Waals surface area contributed by atoms with Gasteiger partial charge in [0.1, 0.15) is 16.5 Å². The van der Waals surface area contributed by atoms with Gasteiger partial charge in [0.15, 0.2) is 11.5 Å². The molecule has 0 atom stereocenters. The van der Waals surface area contributed by atoms with Gasteiger partial charge in [0.2, 0.25) is 0 Å². The summed E-state index contributed by atoms with van der Waals surface area (Å²) in [6, 6.07) is 17.3. The van der Waals surface area contributed by atoms with E-state index in [0.29, 0.717) is 40.6 Å². The second kappa shape index (κ2) is 11.1. The third kappa shape index (κ3) is 5.41. The average Bonchev–Trinajstić information content (AvgIpc) is 3.11. The quantitative estimate of drug-likeness (QED) is 0.407. The summed E-state index contributed by atoms with van der Waals surface area (Å²) in [5, 5.41) is 5.27. The molecule has 4 rings (SSSR count). The van der Waals surface area contributed by atoms with Crippen molar-refractivity contribution in [3.05, 3.63) is 94.4 Å². The van der Waals surface area contributed by atoms with Crippen LogP contribution in [0.2, 0.25) is 0 Å². The van der Waals surface area contributed by atoms with Gasteiger partial charge in [0, 0.05) is 17.8 Å². The number of hydrogen-bond donors (Lipinski definition) is 2. The fourth-order valence-corrected chi connectivity index (χ4v) is 4.02.